The van der Waals surface area contributed by atoms with Gasteiger partial charge in [-0.2, -0.15) is 13.2 Å². The van der Waals surface area contributed by atoms with Crippen LogP contribution in [0.2, 0.25) is 5.02 Å². The average molecular weight is 451 g/mol. The molecule has 12 heteroatoms. The van der Waals surface area contributed by atoms with Crippen molar-refractivity contribution in [1.82, 2.24) is 4.98 Å². The summed E-state index contributed by atoms with van der Waals surface area (Å²) in [5.74, 6) is -1.85. The number of rotatable bonds is 4. The van der Waals surface area contributed by atoms with Crippen molar-refractivity contribution in [3.63, 3.8) is 0 Å². The number of thioether (sulfide) groups is 1. The number of nitrogens with zero attached hydrogens (tertiary/aromatic N) is 2. The summed E-state index contributed by atoms with van der Waals surface area (Å²) < 4.78 is 42.8. The van der Waals surface area contributed by atoms with Crippen LogP contribution in [0.25, 0.3) is 0 Å². The SMILES string of the molecule is COC(=O)c1sccc1N1C(=O)CC(Sc2ncc(C(F)(F)F)cc2Cl)C1=O. The number of alkyl halides is 3. The van der Waals surface area contributed by atoms with Gasteiger partial charge in [-0.15, -0.1) is 11.3 Å². The Balaban J connectivity index is 1.83. The topological polar surface area (TPSA) is 76.6 Å². The molecule has 6 nitrogen and oxygen atoms in total. The fourth-order valence-corrected chi connectivity index (χ4v) is 4.55. The van der Waals surface area contributed by atoms with Gasteiger partial charge in [0.15, 0.2) is 0 Å². The van der Waals surface area contributed by atoms with Gasteiger partial charge in [0, 0.05) is 12.6 Å². The van der Waals surface area contributed by atoms with Crippen molar-refractivity contribution in [3.05, 3.63) is 39.2 Å². The van der Waals surface area contributed by atoms with E-state index < -0.39 is 34.8 Å². The predicted octanol–water partition coefficient (Wildman–Crippen LogP) is 4.03. The van der Waals surface area contributed by atoms with Crippen LogP contribution >= 0.6 is 34.7 Å². The van der Waals surface area contributed by atoms with Gasteiger partial charge in [0.1, 0.15) is 9.90 Å². The Morgan fingerprint density at radius 2 is 2.14 bits per heavy atom. The van der Waals surface area contributed by atoms with Crippen molar-refractivity contribution in [2.24, 2.45) is 0 Å². The summed E-state index contributed by atoms with van der Waals surface area (Å²) in [5.41, 5.74) is -0.903. The Morgan fingerprint density at radius 3 is 2.75 bits per heavy atom. The number of hydrogen-bond donors (Lipinski definition) is 0. The molecule has 0 bridgehead atoms. The molecule has 1 aliphatic rings. The number of ether oxygens (including phenoxy) is 1. The van der Waals surface area contributed by atoms with Crippen LogP contribution in [0.4, 0.5) is 18.9 Å². The lowest BCUT2D eigenvalue weighted by atomic mass is 10.3. The zero-order chi connectivity index (χ0) is 20.6. The van der Waals surface area contributed by atoms with Crippen molar-refractivity contribution in [2.75, 3.05) is 12.0 Å². The molecule has 0 aliphatic carbocycles. The summed E-state index contributed by atoms with van der Waals surface area (Å²) in [4.78, 5) is 41.5. The number of methoxy groups -OCH3 is 1. The minimum absolute atomic E-state index is 0.00109. The molecule has 0 aromatic carbocycles. The first-order valence-corrected chi connectivity index (χ1v) is 9.69. The highest BCUT2D eigenvalue weighted by Crippen LogP contribution is 2.39. The van der Waals surface area contributed by atoms with E-state index in [0.29, 0.717) is 12.3 Å². The van der Waals surface area contributed by atoms with Gasteiger partial charge in [0.25, 0.3) is 0 Å². The quantitative estimate of drug-likeness (QED) is 0.517. The van der Waals surface area contributed by atoms with Crippen LogP contribution in [0.15, 0.2) is 28.7 Å². The number of hydrogen-bond acceptors (Lipinski definition) is 7. The molecule has 1 saturated heterocycles. The van der Waals surface area contributed by atoms with Crippen molar-refractivity contribution < 1.29 is 32.3 Å². The largest absolute Gasteiger partial charge is 0.465 e. The average Bonchev–Trinajstić information content (AvgIpc) is 3.19. The number of pyridine rings is 1. The molecule has 1 atom stereocenters. The Morgan fingerprint density at radius 1 is 1.43 bits per heavy atom. The third kappa shape index (κ3) is 3.87. The van der Waals surface area contributed by atoms with Gasteiger partial charge in [-0.1, -0.05) is 23.4 Å². The third-order valence-corrected chi connectivity index (χ3v) is 6.24. The summed E-state index contributed by atoms with van der Waals surface area (Å²) >= 11 is 7.68. The Hall–Kier alpha value is -2.11. The molecule has 1 fully saturated rings. The number of esters is 1. The molecule has 1 unspecified atom stereocenters. The van der Waals surface area contributed by atoms with Crippen molar-refractivity contribution in [2.45, 2.75) is 22.9 Å². The van der Waals surface area contributed by atoms with Gasteiger partial charge in [0.2, 0.25) is 11.8 Å². The summed E-state index contributed by atoms with van der Waals surface area (Å²) in [5, 5.41) is 0.335. The Bertz CT molecular complexity index is 964. The zero-order valence-electron chi connectivity index (χ0n) is 13.9. The molecule has 2 amide bonds. The van der Waals surface area contributed by atoms with Gasteiger partial charge in [0.05, 0.1) is 28.6 Å². The summed E-state index contributed by atoms with van der Waals surface area (Å²) in [6, 6.07) is 2.16. The second kappa shape index (κ2) is 7.72. The summed E-state index contributed by atoms with van der Waals surface area (Å²) in [7, 11) is 1.18. The number of halogens is 4. The summed E-state index contributed by atoms with van der Waals surface area (Å²) in [6.45, 7) is 0. The maximum Gasteiger partial charge on any atom is 0.417 e. The number of carbonyl (C=O) groups is 3. The first-order chi connectivity index (χ1) is 13.1. The van der Waals surface area contributed by atoms with Crippen LogP contribution in [0, 0.1) is 0 Å². The van der Waals surface area contributed by atoms with Crippen LogP contribution in [0.3, 0.4) is 0 Å². The van der Waals surface area contributed by atoms with Crippen LogP contribution in [-0.4, -0.2) is 35.1 Å². The van der Waals surface area contributed by atoms with E-state index in [2.05, 4.69) is 9.72 Å². The fourth-order valence-electron chi connectivity index (χ4n) is 2.48. The molecule has 0 N–H and O–H groups in total. The molecule has 0 saturated carbocycles. The molecule has 2 aromatic heterocycles. The maximum atomic E-state index is 12.7. The van der Waals surface area contributed by atoms with E-state index in [1.807, 2.05) is 0 Å². The van der Waals surface area contributed by atoms with Crippen molar-refractivity contribution >= 4 is 58.2 Å². The molecule has 0 radical (unpaired) electrons. The number of aromatic nitrogens is 1. The molecule has 3 rings (SSSR count). The van der Waals surface area contributed by atoms with E-state index in [4.69, 9.17) is 11.6 Å². The van der Waals surface area contributed by atoms with E-state index in [9.17, 15) is 27.6 Å². The Labute approximate surface area is 169 Å². The highest BCUT2D eigenvalue weighted by molar-refractivity contribution is 8.00. The van der Waals surface area contributed by atoms with Gasteiger partial charge >= 0.3 is 12.1 Å². The normalized spacial score (nSPS) is 17.3. The second-order valence-corrected chi connectivity index (χ2v) is 8.03. The van der Waals surface area contributed by atoms with Gasteiger partial charge in [-0.25, -0.2) is 14.7 Å². The molecule has 1 aliphatic heterocycles. The van der Waals surface area contributed by atoms with Crippen LogP contribution in [0.5, 0.6) is 0 Å². The van der Waals surface area contributed by atoms with Crippen molar-refractivity contribution in [1.29, 1.82) is 0 Å². The van der Waals surface area contributed by atoms with Crippen LogP contribution < -0.4 is 4.90 Å². The van der Waals surface area contributed by atoms with E-state index in [0.717, 1.165) is 28.0 Å². The van der Waals surface area contributed by atoms with Gasteiger partial charge in [-0.05, 0) is 17.5 Å². The number of imide groups is 1. The maximum absolute atomic E-state index is 12.7. The molecule has 148 valence electrons. The lowest BCUT2D eigenvalue weighted by Gasteiger charge is -2.15. The molecule has 28 heavy (non-hydrogen) atoms. The smallest absolute Gasteiger partial charge is 0.417 e. The molecular formula is C16H10ClF3N2O4S2. The molecule has 2 aromatic rings. The number of amides is 2. The molecule has 0 spiro atoms. The highest BCUT2D eigenvalue weighted by atomic mass is 35.5. The fraction of sp³-hybridized carbons (Fsp3) is 0.250. The standard InChI is InChI=1S/C16H10ClF3N2O4S2/c1-26-15(25)12-9(2-3-27-12)22-11(23)5-10(14(22)24)28-13-8(17)4-7(6-21-13)16(18,19)20/h2-4,6,10H,5H2,1H3. The second-order valence-electron chi connectivity index (χ2n) is 5.51. The zero-order valence-corrected chi connectivity index (χ0v) is 16.3. The number of carbonyl (C=O) groups excluding carboxylic acids is 3. The monoisotopic (exact) mass is 450 g/mol. The molecular weight excluding hydrogens is 441 g/mol. The summed E-state index contributed by atoms with van der Waals surface area (Å²) in [6.07, 6.45) is -4.19. The minimum Gasteiger partial charge on any atom is -0.465 e. The van der Waals surface area contributed by atoms with Gasteiger partial charge in [-0.3, -0.25) is 9.59 Å². The van der Waals surface area contributed by atoms with Crippen LogP contribution in [-0.2, 0) is 20.5 Å². The first-order valence-electron chi connectivity index (χ1n) is 7.55. The first kappa shape index (κ1) is 20.6. The molecule has 3 heterocycles. The Kier molecular flexibility index (Phi) is 5.69. The number of anilines is 1. The minimum atomic E-state index is -4.60. The predicted molar refractivity (Wildman–Crippen MR) is 96.7 cm³/mol. The van der Waals surface area contributed by atoms with E-state index in [1.165, 1.54) is 18.6 Å². The van der Waals surface area contributed by atoms with Crippen molar-refractivity contribution in [3.8, 4) is 0 Å². The van der Waals surface area contributed by atoms with Crippen LogP contribution in [0.1, 0.15) is 21.7 Å². The van der Waals surface area contributed by atoms with E-state index >= 15 is 0 Å². The lowest BCUT2D eigenvalue weighted by molar-refractivity contribution is -0.138. The van der Waals surface area contributed by atoms with Gasteiger partial charge < -0.3 is 4.74 Å². The van der Waals surface area contributed by atoms with E-state index in [1.54, 1.807) is 0 Å². The lowest BCUT2D eigenvalue weighted by Crippen LogP contribution is -2.32. The third-order valence-electron chi connectivity index (χ3n) is 3.75. The number of thiophene rings is 1. The highest BCUT2D eigenvalue weighted by Gasteiger charge is 2.42. The van der Waals surface area contributed by atoms with E-state index in [-0.39, 0.29) is 27.0 Å².